The van der Waals surface area contributed by atoms with Crippen LogP contribution in [-0.2, 0) is 16.0 Å². The summed E-state index contributed by atoms with van der Waals surface area (Å²) >= 11 is 0. The number of rotatable bonds is 3. The normalized spacial score (nSPS) is 33.1. The van der Waals surface area contributed by atoms with Crippen LogP contribution in [0.15, 0.2) is 36.4 Å². The minimum absolute atomic E-state index is 0.00471. The highest BCUT2D eigenvalue weighted by Gasteiger charge is 2.59. The predicted octanol–water partition coefficient (Wildman–Crippen LogP) is 2.95. The topological polar surface area (TPSA) is 37.4 Å². The summed E-state index contributed by atoms with van der Waals surface area (Å²) in [5.74, 6) is 0.349. The number of allylic oxidation sites excluding steroid dienone is 2. The number of fused-ring (bicyclic) bond motifs is 5. The molecule has 108 valence electrons. The van der Waals surface area contributed by atoms with E-state index in [0.717, 1.165) is 24.9 Å². The van der Waals surface area contributed by atoms with Gasteiger partial charge >= 0.3 is 0 Å². The van der Waals surface area contributed by atoms with Gasteiger partial charge < -0.3 is 0 Å². The Morgan fingerprint density at radius 1 is 1.00 bits per heavy atom. The lowest BCUT2D eigenvalue weighted by molar-refractivity contribution is -0.123. The number of imide groups is 1. The van der Waals surface area contributed by atoms with E-state index in [1.54, 1.807) is 0 Å². The summed E-state index contributed by atoms with van der Waals surface area (Å²) in [6.07, 6.45) is 7.37. The molecular formula is C18H19NO2. The van der Waals surface area contributed by atoms with Crippen molar-refractivity contribution in [2.45, 2.75) is 26.2 Å². The molecular weight excluding hydrogens is 262 g/mol. The number of anilines is 1. The molecule has 3 heteroatoms. The van der Waals surface area contributed by atoms with Crippen molar-refractivity contribution >= 4 is 17.5 Å². The number of aryl methyl sites for hydroxylation is 1. The molecule has 21 heavy (non-hydrogen) atoms. The van der Waals surface area contributed by atoms with E-state index in [-0.39, 0.29) is 35.5 Å². The van der Waals surface area contributed by atoms with Gasteiger partial charge in [-0.3, -0.25) is 14.5 Å². The molecule has 0 unspecified atom stereocenters. The Morgan fingerprint density at radius 2 is 1.57 bits per heavy atom. The largest absolute Gasteiger partial charge is 0.274 e. The fourth-order valence-electron chi connectivity index (χ4n) is 4.26. The van der Waals surface area contributed by atoms with Crippen LogP contribution < -0.4 is 4.90 Å². The molecule has 3 nitrogen and oxygen atoms in total. The second-order valence-electron chi connectivity index (χ2n) is 6.43. The standard InChI is InChI=1S/C18H19NO2/c1-2-3-11-4-8-14(9-5-11)19-17(20)15-12-6-7-13(10-12)16(15)18(19)21/h4-9,12-13,15-16H,2-3,10H2,1H3/t12-,13+,15-,16+. The fraction of sp³-hybridized carbons (Fsp3) is 0.444. The van der Waals surface area contributed by atoms with Crippen molar-refractivity contribution in [3.63, 3.8) is 0 Å². The summed E-state index contributed by atoms with van der Waals surface area (Å²) in [5, 5.41) is 0. The van der Waals surface area contributed by atoms with E-state index in [1.165, 1.54) is 10.5 Å². The summed E-state index contributed by atoms with van der Waals surface area (Å²) < 4.78 is 0. The van der Waals surface area contributed by atoms with Crippen LogP contribution in [0.25, 0.3) is 0 Å². The number of benzene rings is 1. The average molecular weight is 281 g/mol. The molecule has 2 aliphatic carbocycles. The number of carbonyl (C=O) groups is 2. The van der Waals surface area contributed by atoms with Crippen LogP contribution >= 0.6 is 0 Å². The monoisotopic (exact) mass is 281 g/mol. The summed E-state index contributed by atoms with van der Waals surface area (Å²) in [6, 6.07) is 7.88. The first-order valence-corrected chi connectivity index (χ1v) is 7.85. The molecule has 4 atom stereocenters. The second-order valence-corrected chi connectivity index (χ2v) is 6.43. The van der Waals surface area contributed by atoms with Gasteiger partial charge in [-0.1, -0.05) is 37.6 Å². The lowest BCUT2D eigenvalue weighted by Gasteiger charge is -2.17. The minimum Gasteiger partial charge on any atom is -0.274 e. The Balaban J connectivity index is 1.64. The van der Waals surface area contributed by atoms with Gasteiger partial charge in [0.05, 0.1) is 17.5 Å². The van der Waals surface area contributed by atoms with Crippen LogP contribution in [0.5, 0.6) is 0 Å². The van der Waals surface area contributed by atoms with E-state index in [0.29, 0.717) is 0 Å². The molecule has 1 aromatic rings. The highest BCUT2D eigenvalue weighted by atomic mass is 16.2. The molecule has 0 radical (unpaired) electrons. The van der Waals surface area contributed by atoms with Crippen molar-refractivity contribution < 1.29 is 9.59 Å². The Kier molecular flexibility index (Phi) is 2.78. The van der Waals surface area contributed by atoms with Gasteiger partial charge in [0.1, 0.15) is 0 Å². The van der Waals surface area contributed by atoms with Crippen LogP contribution in [0.1, 0.15) is 25.3 Å². The maximum Gasteiger partial charge on any atom is 0.238 e. The quantitative estimate of drug-likeness (QED) is 0.631. The Hall–Kier alpha value is -1.90. The molecule has 1 saturated heterocycles. The molecule has 0 spiro atoms. The Morgan fingerprint density at radius 3 is 2.10 bits per heavy atom. The number of hydrogen-bond donors (Lipinski definition) is 0. The lowest BCUT2D eigenvalue weighted by atomic mass is 9.85. The van der Waals surface area contributed by atoms with Crippen molar-refractivity contribution in [1.82, 2.24) is 0 Å². The van der Waals surface area contributed by atoms with Gasteiger partial charge in [-0.05, 0) is 42.4 Å². The van der Waals surface area contributed by atoms with Crippen LogP contribution in [0.4, 0.5) is 5.69 Å². The first-order valence-electron chi connectivity index (χ1n) is 7.85. The smallest absolute Gasteiger partial charge is 0.238 e. The van der Waals surface area contributed by atoms with E-state index in [4.69, 9.17) is 0 Å². The fourth-order valence-corrected chi connectivity index (χ4v) is 4.26. The second kappa shape index (κ2) is 4.55. The molecule has 2 fully saturated rings. The molecule has 1 aliphatic heterocycles. The van der Waals surface area contributed by atoms with E-state index in [1.807, 2.05) is 24.3 Å². The molecule has 4 rings (SSSR count). The summed E-state index contributed by atoms with van der Waals surface area (Å²) in [5.41, 5.74) is 1.99. The van der Waals surface area contributed by atoms with Crippen LogP contribution in [0, 0.1) is 23.7 Å². The average Bonchev–Trinajstić information content (AvgIpc) is 3.15. The molecule has 2 amide bonds. The van der Waals surface area contributed by atoms with Gasteiger partial charge in [0.2, 0.25) is 11.8 Å². The third-order valence-corrected chi connectivity index (χ3v) is 5.20. The van der Waals surface area contributed by atoms with Gasteiger partial charge in [0.25, 0.3) is 0 Å². The van der Waals surface area contributed by atoms with Gasteiger partial charge in [-0.25, -0.2) is 0 Å². The van der Waals surface area contributed by atoms with Gasteiger partial charge in [0.15, 0.2) is 0 Å². The molecule has 1 aromatic carbocycles. The highest BCUT2D eigenvalue weighted by Crippen LogP contribution is 2.53. The summed E-state index contributed by atoms with van der Waals surface area (Å²) in [7, 11) is 0. The molecule has 0 aromatic heterocycles. The maximum atomic E-state index is 12.7. The maximum absolute atomic E-state index is 12.7. The minimum atomic E-state index is -0.109. The van der Waals surface area contributed by atoms with Gasteiger partial charge in [-0.2, -0.15) is 0 Å². The third kappa shape index (κ3) is 1.73. The van der Waals surface area contributed by atoms with Crippen molar-refractivity contribution in [2.75, 3.05) is 4.90 Å². The number of nitrogens with zero attached hydrogens (tertiary/aromatic N) is 1. The molecule has 1 saturated carbocycles. The van der Waals surface area contributed by atoms with Crippen LogP contribution in [0.3, 0.4) is 0 Å². The van der Waals surface area contributed by atoms with Crippen molar-refractivity contribution in [2.24, 2.45) is 23.7 Å². The zero-order valence-corrected chi connectivity index (χ0v) is 12.2. The Labute approximate surface area is 124 Å². The molecule has 2 bridgehead atoms. The van der Waals surface area contributed by atoms with Crippen molar-refractivity contribution in [3.05, 3.63) is 42.0 Å². The van der Waals surface area contributed by atoms with Crippen molar-refractivity contribution in [3.8, 4) is 0 Å². The van der Waals surface area contributed by atoms with Gasteiger partial charge in [-0.15, -0.1) is 0 Å². The van der Waals surface area contributed by atoms with Crippen molar-refractivity contribution in [1.29, 1.82) is 0 Å². The number of amides is 2. The van der Waals surface area contributed by atoms with E-state index in [9.17, 15) is 9.59 Å². The van der Waals surface area contributed by atoms with E-state index >= 15 is 0 Å². The molecule has 0 N–H and O–H groups in total. The third-order valence-electron chi connectivity index (χ3n) is 5.20. The van der Waals surface area contributed by atoms with E-state index < -0.39 is 0 Å². The highest BCUT2D eigenvalue weighted by molar-refractivity contribution is 6.22. The van der Waals surface area contributed by atoms with E-state index in [2.05, 4.69) is 19.1 Å². The molecule has 3 aliphatic rings. The zero-order chi connectivity index (χ0) is 14.6. The van der Waals surface area contributed by atoms with Crippen LogP contribution in [0.2, 0.25) is 0 Å². The lowest BCUT2D eigenvalue weighted by Crippen LogP contribution is -2.32. The first kappa shape index (κ1) is 12.8. The SMILES string of the molecule is CCCc1ccc(N2C(=O)[C@@H]3[C@H](C2=O)[C@@H]2C=C[C@H]3C2)cc1. The number of carbonyl (C=O) groups excluding carboxylic acids is 2. The molecule has 1 heterocycles. The predicted molar refractivity (Wildman–Crippen MR) is 80.6 cm³/mol. The number of hydrogen-bond acceptors (Lipinski definition) is 2. The Bertz CT molecular complexity index is 601. The van der Waals surface area contributed by atoms with Gasteiger partial charge in [0, 0.05) is 0 Å². The summed E-state index contributed by atoms with van der Waals surface area (Å²) in [4.78, 5) is 26.8. The van der Waals surface area contributed by atoms with Crippen LogP contribution in [-0.4, -0.2) is 11.8 Å². The zero-order valence-electron chi connectivity index (χ0n) is 12.2. The summed E-state index contributed by atoms with van der Waals surface area (Å²) in [6.45, 7) is 2.14. The first-order chi connectivity index (χ1) is 10.2.